The van der Waals surface area contributed by atoms with E-state index in [1.54, 1.807) is 4.90 Å². The lowest BCUT2D eigenvalue weighted by atomic mass is 9.94. The molecule has 0 spiro atoms. The number of hydrogen-bond donors (Lipinski definition) is 0. The first kappa shape index (κ1) is 21.5. The van der Waals surface area contributed by atoms with Gasteiger partial charge >= 0.3 is 5.97 Å². The van der Waals surface area contributed by atoms with Gasteiger partial charge in [-0.2, -0.15) is 5.26 Å². The van der Waals surface area contributed by atoms with Gasteiger partial charge < -0.3 is 14.5 Å². The van der Waals surface area contributed by atoms with Crippen molar-refractivity contribution in [2.24, 2.45) is 0 Å². The topological polar surface area (TPSA) is 73.6 Å². The molecule has 1 amide bonds. The number of nitrogens with zero attached hydrogens (tertiary/aromatic N) is 3. The number of benzene rings is 1. The van der Waals surface area contributed by atoms with Crippen LogP contribution in [0.5, 0.6) is 0 Å². The number of carbonyl (C=O) groups is 2. The minimum atomic E-state index is -0.771. The Morgan fingerprint density at radius 2 is 1.82 bits per heavy atom. The second-order valence-corrected chi connectivity index (χ2v) is 7.20. The van der Waals surface area contributed by atoms with Crippen LogP contribution in [0.15, 0.2) is 29.8 Å². The van der Waals surface area contributed by atoms with Gasteiger partial charge in [-0.15, -0.1) is 0 Å². The molecule has 1 aromatic carbocycles. The van der Waals surface area contributed by atoms with Gasteiger partial charge in [0.2, 0.25) is 0 Å². The van der Waals surface area contributed by atoms with Crippen LogP contribution in [0, 0.1) is 11.3 Å². The standard InChI is InChI=1S/C22H29N3O3/c1-4-25(20-8-6-5-7-9-20)21(26)16-28-22(27)18(15-23)14-17-10-12-19(13-11-17)24(2)3/h10-14,20H,4-9,16H2,1-3H3/b18-14+. The maximum Gasteiger partial charge on any atom is 0.349 e. The predicted molar refractivity (Wildman–Crippen MR) is 110 cm³/mol. The van der Waals surface area contributed by atoms with Crippen LogP contribution in [0.25, 0.3) is 6.08 Å². The van der Waals surface area contributed by atoms with Gasteiger partial charge in [-0.05, 0) is 43.5 Å². The first-order valence-electron chi connectivity index (χ1n) is 9.82. The van der Waals surface area contributed by atoms with Crippen molar-refractivity contribution >= 4 is 23.6 Å². The molecule has 0 bridgehead atoms. The van der Waals surface area contributed by atoms with E-state index in [-0.39, 0.29) is 24.1 Å². The molecule has 1 fully saturated rings. The van der Waals surface area contributed by atoms with Crippen LogP contribution in [-0.2, 0) is 14.3 Å². The lowest BCUT2D eigenvalue weighted by Gasteiger charge is -2.33. The van der Waals surface area contributed by atoms with Crippen LogP contribution < -0.4 is 4.90 Å². The van der Waals surface area contributed by atoms with E-state index >= 15 is 0 Å². The van der Waals surface area contributed by atoms with Gasteiger partial charge in [0.1, 0.15) is 11.6 Å². The van der Waals surface area contributed by atoms with Crippen molar-refractivity contribution in [3.8, 4) is 6.07 Å². The molecule has 1 saturated carbocycles. The molecular weight excluding hydrogens is 354 g/mol. The molecule has 150 valence electrons. The summed E-state index contributed by atoms with van der Waals surface area (Å²) in [6, 6.07) is 9.55. The van der Waals surface area contributed by atoms with E-state index in [9.17, 15) is 14.9 Å². The third-order valence-electron chi connectivity index (χ3n) is 5.06. The fraction of sp³-hybridized carbons (Fsp3) is 0.500. The molecule has 1 aliphatic rings. The van der Waals surface area contributed by atoms with E-state index in [1.165, 1.54) is 12.5 Å². The summed E-state index contributed by atoms with van der Waals surface area (Å²) in [7, 11) is 3.87. The molecular formula is C22H29N3O3. The van der Waals surface area contributed by atoms with E-state index in [0.717, 1.165) is 36.9 Å². The molecule has 0 N–H and O–H groups in total. The number of nitriles is 1. The average molecular weight is 383 g/mol. The third-order valence-corrected chi connectivity index (χ3v) is 5.06. The fourth-order valence-electron chi connectivity index (χ4n) is 3.49. The van der Waals surface area contributed by atoms with Crippen LogP contribution in [0.3, 0.4) is 0 Å². The van der Waals surface area contributed by atoms with Gasteiger partial charge in [0.05, 0.1) is 0 Å². The Labute approximate surface area is 167 Å². The van der Waals surface area contributed by atoms with Crippen molar-refractivity contribution in [2.75, 3.05) is 32.1 Å². The molecule has 2 rings (SSSR count). The lowest BCUT2D eigenvalue weighted by Crippen LogP contribution is -2.43. The predicted octanol–water partition coefficient (Wildman–Crippen LogP) is 3.38. The maximum absolute atomic E-state index is 12.5. The van der Waals surface area contributed by atoms with E-state index in [4.69, 9.17) is 4.74 Å². The first-order chi connectivity index (χ1) is 13.5. The number of carbonyl (C=O) groups excluding carboxylic acids is 2. The Bertz CT molecular complexity index is 741. The van der Waals surface area contributed by atoms with Crippen LogP contribution in [0.4, 0.5) is 5.69 Å². The Kier molecular flexibility index (Phi) is 8.06. The van der Waals surface area contributed by atoms with Crippen LogP contribution in [0.1, 0.15) is 44.6 Å². The zero-order valence-electron chi connectivity index (χ0n) is 17.0. The minimum Gasteiger partial charge on any atom is -0.451 e. The second kappa shape index (κ2) is 10.5. The summed E-state index contributed by atoms with van der Waals surface area (Å²) in [5.41, 5.74) is 1.63. The molecule has 1 aliphatic carbocycles. The highest BCUT2D eigenvalue weighted by atomic mass is 16.5. The van der Waals surface area contributed by atoms with Gasteiger partial charge in [-0.1, -0.05) is 31.4 Å². The van der Waals surface area contributed by atoms with Crippen LogP contribution in [-0.4, -0.2) is 50.1 Å². The van der Waals surface area contributed by atoms with Crippen molar-refractivity contribution in [3.63, 3.8) is 0 Å². The molecule has 1 aromatic rings. The van der Waals surface area contributed by atoms with Crippen molar-refractivity contribution in [1.29, 1.82) is 5.26 Å². The van der Waals surface area contributed by atoms with Gasteiger partial charge in [-0.3, -0.25) is 4.79 Å². The quantitative estimate of drug-likeness (QED) is 0.410. The Balaban J connectivity index is 1.97. The van der Waals surface area contributed by atoms with Crippen molar-refractivity contribution < 1.29 is 14.3 Å². The maximum atomic E-state index is 12.5. The third kappa shape index (κ3) is 5.85. The normalized spacial score (nSPS) is 14.9. The number of rotatable bonds is 7. The molecule has 0 saturated heterocycles. The second-order valence-electron chi connectivity index (χ2n) is 7.20. The molecule has 6 nitrogen and oxygen atoms in total. The minimum absolute atomic E-state index is 0.119. The lowest BCUT2D eigenvalue weighted by molar-refractivity contribution is -0.150. The van der Waals surface area contributed by atoms with Crippen LogP contribution in [0.2, 0.25) is 0 Å². The average Bonchev–Trinajstić information content (AvgIpc) is 2.72. The monoisotopic (exact) mass is 383 g/mol. The molecule has 0 atom stereocenters. The molecule has 0 radical (unpaired) electrons. The molecule has 0 unspecified atom stereocenters. The van der Waals surface area contributed by atoms with E-state index in [0.29, 0.717) is 6.54 Å². The summed E-state index contributed by atoms with van der Waals surface area (Å²) in [6.45, 7) is 2.20. The highest BCUT2D eigenvalue weighted by molar-refractivity contribution is 5.98. The summed E-state index contributed by atoms with van der Waals surface area (Å²) in [5, 5.41) is 9.30. The van der Waals surface area contributed by atoms with Gasteiger partial charge in [0.15, 0.2) is 6.61 Å². The number of ether oxygens (including phenoxy) is 1. The van der Waals surface area contributed by atoms with Crippen molar-refractivity contribution in [2.45, 2.75) is 45.1 Å². The highest BCUT2D eigenvalue weighted by Gasteiger charge is 2.25. The van der Waals surface area contributed by atoms with E-state index in [1.807, 2.05) is 56.3 Å². The number of esters is 1. The summed E-state index contributed by atoms with van der Waals surface area (Å²) >= 11 is 0. The van der Waals surface area contributed by atoms with Crippen molar-refractivity contribution in [1.82, 2.24) is 4.90 Å². The Morgan fingerprint density at radius 1 is 1.18 bits per heavy atom. The Morgan fingerprint density at radius 3 is 2.36 bits per heavy atom. The highest BCUT2D eigenvalue weighted by Crippen LogP contribution is 2.22. The fourth-order valence-corrected chi connectivity index (χ4v) is 3.49. The summed E-state index contributed by atoms with van der Waals surface area (Å²) in [5.74, 6) is -0.970. The molecule has 28 heavy (non-hydrogen) atoms. The molecule has 0 heterocycles. The van der Waals surface area contributed by atoms with Crippen molar-refractivity contribution in [3.05, 3.63) is 35.4 Å². The first-order valence-corrected chi connectivity index (χ1v) is 9.82. The SMILES string of the molecule is CCN(C(=O)COC(=O)/C(C#N)=C/c1ccc(N(C)C)cc1)C1CCCCC1. The van der Waals surface area contributed by atoms with Gasteiger partial charge in [0.25, 0.3) is 5.91 Å². The zero-order valence-corrected chi connectivity index (χ0v) is 17.0. The number of anilines is 1. The van der Waals surface area contributed by atoms with E-state index in [2.05, 4.69) is 0 Å². The summed E-state index contributed by atoms with van der Waals surface area (Å²) in [4.78, 5) is 28.5. The number of hydrogen-bond acceptors (Lipinski definition) is 5. The van der Waals surface area contributed by atoms with Crippen LogP contribution >= 0.6 is 0 Å². The molecule has 6 heteroatoms. The zero-order chi connectivity index (χ0) is 20.5. The smallest absolute Gasteiger partial charge is 0.349 e. The molecule has 0 aliphatic heterocycles. The summed E-state index contributed by atoms with van der Waals surface area (Å²) < 4.78 is 5.14. The molecule has 0 aromatic heterocycles. The van der Waals surface area contributed by atoms with Gasteiger partial charge in [-0.25, -0.2) is 4.79 Å². The largest absolute Gasteiger partial charge is 0.451 e. The van der Waals surface area contributed by atoms with E-state index < -0.39 is 5.97 Å². The summed E-state index contributed by atoms with van der Waals surface area (Å²) in [6.07, 6.45) is 6.94. The number of amides is 1. The Hall–Kier alpha value is -2.81. The number of likely N-dealkylation sites (N-methyl/N-ethyl adjacent to an activating group) is 1. The van der Waals surface area contributed by atoms with Gasteiger partial charge in [0, 0.05) is 32.4 Å².